The lowest BCUT2D eigenvalue weighted by Crippen LogP contribution is -2.50. The van der Waals surface area contributed by atoms with Gasteiger partial charge in [-0.15, -0.1) is 0 Å². The molecule has 1 fully saturated rings. The molecule has 0 radical (unpaired) electrons. The Kier molecular flexibility index (Phi) is 8.32. The molecule has 6 nitrogen and oxygen atoms in total. The summed E-state index contributed by atoms with van der Waals surface area (Å²) in [7, 11) is 1.76. The van der Waals surface area contributed by atoms with Crippen LogP contribution >= 0.6 is 11.8 Å². The van der Waals surface area contributed by atoms with E-state index in [1.165, 1.54) is 11.8 Å². The van der Waals surface area contributed by atoms with E-state index >= 15 is 0 Å². The van der Waals surface area contributed by atoms with E-state index in [9.17, 15) is 9.59 Å². The Bertz CT molecular complexity index is 937. The quantitative estimate of drug-likeness (QED) is 0.464. The lowest BCUT2D eigenvalue weighted by Gasteiger charge is -2.35. The molecule has 1 unspecified atom stereocenters. The fourth-order valence-corrected chi connectivity index (χ4v) is 5.24. The molecule has 1 amide bonds. The van der Waals surface area contributed by atoms with Gasteiger partial charge in [-0.05, 0) is 25.5 Å². The third-order valence-electron chi connectivity index (χ3n) is 5.98. The lowest BCUT2D eigenvalue weighted by atomic mass is 10.1. The van der Waals surface area contributed by atoms with Crippen molar-refractivity contribution < 1.29 is 4.79 Å². The minimum Gasteiger partial charge on any atom is -0.339 e. The molecule has 2 aromatic rings. The summed E-state index contributed by atoms with van der Waals surface area (Å²) < 4.78 is 1.61. The Morgan fingerprint density at radius 2 is 1.81 bits per heavy atom. The van der Waals surface area contributed by atoms with E-state index in [-0.39, 0.29) is 16.7 Å². The fraction of sp³-hybridized carbons (Fsp3) is 0.542. The topological polar surface area (TPSA) is 58.4 Å². The number of likely N-dealkylation sites (N-methyl/N-ethyl adjacent to an activating group) is 1. The molecule has 168 valence electrons. The van der Waals surface area contributed by atoms with Crippen molar-refractivity contribution >= 4 is 17.7 Å². The van der Waals surface area contributed by atoms with Gasteiger partial charge in [-0.2, -0.15) is 0 Å². The Morgan fingerprint density at radius 3 is 2.42 bits per heavy atom. The maximum atomic E-state index is 13.2. The number of nitrogens with zero attached hydrogens (tertiary/aromatic N) is 4. The summed E-state index contributed by atoms with van der Waals surface area (Å²) in [6.45, 7) is 10.6. The predicted octanol–water partition coefficient (Wildman–Crippen LogP) is 3.10. The first-order valence-corrected chi connectivity index (χ1v) is 12.1. The van der Waals surface area contributed by atoms with Crippen LogP contribution < -0.4 is 5.56 Å². The zero-order valence-corrected chi connectivity index (χ0v) is 20.0. The average Bonchev–Trinajstić information content (AvgIpc) is 2.80. The zero-order valence-electron chi connectivity index (χ0n) is 19.1. The number of aromatic nitrogens is 2. The summed E-state index contributed by atoms with van der Waals surface area (Å²) in [6, 6.07) is 9.98. The Morgan fingerprint density at radius 1 is 1.13 bits per heavy atom. The molecule has 7 heteroatoms. The molecule has 1 aromatic carbocycles. The molecule has 31 heavy (non-hydrogen) atoms. The summed E-state index contributed by atoms with van der Waals surface area (Å²) >= 11 is 1.44. The van der Waals surface area contributed by atoms with Crippen molar-refractivity contribution in [1.29, 1.82) is 0 Å². The molecular formula is C24H34N4O2S. The van der Waals surface area contributed by atoms with Crippen LogP contribution in [0.4, 0.5) is 0 Å². The molecule has 1 aliphatic heterocycles. The van der Waals surface area contributed by atoms with Gasteiger partial charge in [-0.1, -0.05) is 62.4 Å². The van der Waals surface area contributed by atoms with E-state index in [4.69, 9.17) is 4.98 Å². The second kappa shape index (κ2) is 11.0. The van der Waals surface area contributed by atoms with Gasteiger partial charge in [0.15, 0.2) is 5.16 Å². The second-order valence-electron chi connectivity index (χ2n) is 8.14. The van der Waals surface area contributed by atoms with Crippen LogP contribution in [-0.2, 0) is 18.3 Å². The van der Waals surface area contributed by atoms with Crippen LogP contribution in [0.5, 0.6) is 0 Å². The number of piperazine rings is 1. The monoisotopic (exact) mass is 442 g/mol. The van der Waals surface area contributed by atoms with Crippen LogP contribution in [0.2, 0.25) is 0 Å². The highest BCUT2D eigenvalue weighted by Crippen LogP contribution is 2.27. The SMILES string of the molecule is CCCC(Sc1nc(C)c(Cc2ccccc2)c(=O)n1C)C(=O)N1CCN(CC)CC1. The minimum absolute atomic E-state index is 0.0295. The number of aryl methyl sites for hydroxylation is 1. The van der Waals surface area contributed by atoms with Gasteiger partial charge < -0.3 is 9.80 Å². The molecular weight excluding hydrogens is 408 g/mol. The van der Waals surface area contributed by atoms with Crippen LogP contribution in [0.1, 0.15) is 43.5 Å². The third-order valence-corrected chi connectivity index (χ3v) is 7.28. The zero-order chi connectivity index (χ0) is 22.4. The number of hydrogen-bond donors (Lipinski definition) is 0. The molecule has 2 heterocycles. The number of thioether (sulfide) groups is 1. The summed E-state index contributed by atoms with van der Waals surface area (Å²) in [5.41, 5.74) is 2.52. The normalized spacial score (nSPS) is 15.8. The van der Waals surface area contributed by atoms with Crippen molar-refractivity contribution in [2.75, 3.05) is 32.7 Å². The molecule has 1 atom stereocenters. The van der Waals surface area contributed by atoms with E-state index in [1.807, 2.05) is 42.2 Å². The van der Waals surface area contributed by atoms with Crippen LogP contribution in [0.15, 0.2) is 40.3 Å². The van der Waals surface area contributed by atoms with Crippen LogP contribution in [0.25, 0.3) is 0 Å². The van der Waals surface area contributed by atoms with Gasteiger partial charge in [0.2, 0.25) is 5.91 Å². The molecule has 0 aliphatic carbocycles. The Balaban J connectivity index is 1.79. The molecule has 1 aromatic heterocycles. The van der Waals surface area contributed by atoms with Crippen molar-refractivity contribution in [2.45, 2.75) is 50.4 Å². The first kappa shape index (κ1) is 23.5. The van der Waals surface area contributed by atoms with Crippen molar-refractivity contribution in [3.05, 3.63) is 57.5 Å². The number of carbonyl (C=O) groups is 1. The third kappa shape index (κ3) is 5.77. The summed E-state index contributed by atoms with van der Waals surface area (Å²) in [5, 5.41) is 0.411. The Hall–Kier alpha value is -2.12. The number of rotatable bonds is 8. The van der Waals surface area contributed by atoms with Crippen molar-refractivity contribution in [3.63, 3.8) is 0 Å². The van der Waals surface area contributed by atoms with E-state index in [2.05, 4.69) is 18.7 Å². The predicted molar refractivity (Wildman–Crippen MR) is 127 cm³/mol. The average molecular weight is 443 g/mol. The number of amides is 1. The highest BCUT2D eigenvalue weighted by Gasteiger charge is 2.29. The smallest absolute Gasteiger partial charge is 0.257 e. The maximum Gasteiger partial charge on any atom is 0.257 e. The molecule has 0 saturated carbocycles. The first-order chi connectivity index (χ1) is 14.9. The van der Waals surface area contributed by atoms with Gasteiger partial charge in [0, 0.05) is 50.9 Å². The number of hydrogen-bond acceptors (Lipinski definition) is 5. The first-order valence-electron chi connectivity index (χ1n) is 11.2. The largest absolute Gasteiger partial charge is 0.339 e. The van der Waals surface area contributed by atoms with Gasteiger partial charge in [0.05, 0.1) is 5.25 Å². The molecule has 1 saturated heterocycles. The van der Waals surface area contributed by atoms with E-state index < -0.39 is 0 Å². The molecule has 0 spiro atoms. The van der Waals surface area contributed by atoms with Crippen LogP contribution in [0.3, 0.4) is 0 Å². The second-order valence-corrected chi connectivity index (χ2v) is 9.31. The summed E-state index contributed by atoms with van der Waals surface area (Å²) in [4.78, 5) is 35.5. The standard InChI is InChI=1S/C24H34N4O2S/c1-5-10-21(23(30)28-15-13-27(6-2)14-16-28)31-24-25-18(3)20(22(29)26(24)4)17-19-11-8-7-9-12-19/h7-9,11-12,21H,5-6,10,13-17H2,1-4H3. The highest BCUT2D eigenvalue weighted by atomic mass is 32.2. The number of carbonyl (C=O) groups excluding carboxylic acids is 1. The van der Waals surface area contributed by atoms with E-state index in [0.717, 1.165) is 56.8 Å². The van der Waals surface area contributed by atoms with Gasteiger partial charge in [-0.3, -0.25) is 14.2 Å². The summed E-state index contributed by atoms with van der Waals surface area (Å²) in [6.07, 6.45) is 2.26. The fourth-order valence-electron chi connectivity index (χ4n) is 3.95. The number of benzene rings is 1. The maximum absolute atomic E-state index is 13.2. The van der Waals surface area contributed by atoms with Gasteiger partial charge in [0.25, 0.3) is 5.56 Å². The minimum atomic E-state index is -0.212. The summed E-state index contributed by atoms with van der Waals surface area (Å²) in [5.74, 6) is 0.169. The highest BCUT2D eigenvalue weighted by molar-refractivity contribution is 8.00. The van der Waals surface area contributed by atoms with Crippen molar-refractivity contribution in [3.8, 4) is 0 Å². The van der Waals surface area contributed by atoms with Crippen LogP contribution in [0, 0.1) is 6.92 Å². The molecule has 0 bridgehead atoms. The van der Waals surface area contributed by atoms with Gasteiger partial charge >= 0.3 is 0 Å². The van der Waals surface area contributed by atoms with Crippen LogP contribution in [-0.4, -0.2) is 63.2 Å². The molecule has 1 aliphatic rings. The molecule has 3 rings (SSSR count). The van der Waals surface area contributed by atoms with Gasteiger partial charge in [0.1, 0.15) is 0 Å². The lowest BCUT2D eigenvalue weighted by molar-refractivity contribution is -0.132. The van der Waals surface area contributed by atoms with E-state index in [1.54, 1.807) is 11.6 Å². The molecule has 0 N–H and O–H groups in total. The van der Waals surface area contributed by atoms with Gasteiger partial charge in [-0.25, -0.2) is 4.98 Å². The van der Waals surface area contributed by atoms with Crippen molar-refractivity contribution in [1.82, 2.24) is 19.4 Å². The van der Waals surface area contributed by atoms with Crippen molar-refractivity contribution in [2.24, 2.45) is 7.05 Å². The van der Waals surface area contributed by atoms with E-state index in [0.29, 0.717) is 17.1 Å². The Labute approximate surface area is 189 Å².